The number of carbonyl (C=O) groups excluding carboxylic acids is 1. The third-order valence-corrected chi connectivity index (χ3v) is 3.40. The van der Waals surface area contributed by atoms with Gasteiger partial charge in [-0.05, 0) is 31.2 Å². The molecule has 2 aromatic carbocycles. The van der Waals surface area contributed by atoms with Crippen molar-refractivity contribution in [3.05, 3.63) is 71.4 Å². The van der Waals surface area contributed by atoms with Crippen molar-refractivity contribution in [1.29, 1.82) is 0 Å². The summed E-state index contributed by atoms with van der Waals surface area (Å²) in [5.74, 6) is -0.214. The Hall–Kier alpha value is -3.21. The van der Waals surface area contributed by atoms with Crippen molar-refractivity contribution >= 4 is 23.0 Å². The lowest BCUT2D eigenvalue weighted by molar-refractivity contribution is 0.0956. The zero-order chi connectivity index (χ0) is 16.2. The highest BCUT2D eigenvalue weighted by Gasteiger charge is 2.11. The molecule has 0 unspecified atom stereocenters. The number of nitrogens with one attached hydrogen (secondary N) is 1. The lowest BCUT2D eigenvalue weighted by atomic mass is 10.1. The maximum Gasteiger partial charge on any atom is 0.272 e. The number of hydrazone groups is 1. The number of aromatic hydroxyl groups is 1. The van der Waals surface area contributed by atoms with E-state index in [9.17, 15) is 9.90 Å². The lowest BCUT2D eigenvalue weighted by Crippen LogP contribution is -2.18. The Morgan fingerprint density at radius 2 is 1.91 bits per heavy atom. The first-order valence-electron chi connectivity index (χ1n) is 7.13. The molecule has 3 aromatic rings. The molecule has 0 atom stereocenters. The zero-order valence-corrected chi connectivity index (χ0v) is 12.5. The van der Waals surface area contributed by atoms with Crippen molar-refractivity contribution in [2.24, 2.45) is 5.10 Å². The molecule has 0 bridgehead atoms. The van der Waals surface area contributed by atoms with Crippen molar-refractivity contribution in [3.8, 4) is 5.75 Å². The van der Waals surface area contributed by atoms with Gasteiger partial charge in [-0.3, -0.25) is 9.78 Å². The molecule has 0 saturated carbocycles. The second kappa shape index (κ2) is 6.27. The zero-order valence-electron chi connectivity index (χ0n) is 12.5. The van der Waals surface area contributed by atoms with E-state index in [1.54, 1.807) is 30.3 Å². The first-order chi connectivity index (χ1) is 11.1. The smallest absolute Gasteiger partial charge is 0.272 e. The van der Waals surface area contributed by atoms with Crippen LogP contribution in [0.5, 0.6) is 5.75 Å². The number of hydrogen-bond acceptors (Lipinski definition) is 4. The fourth-order valence-electron chi connectivity index (χ4n) is 2.31. The Bertz CT molecular complexity index is 904. The van der Waals surface area contributed by atoms with Gasteiger partial charge in [0.1, 0.15) is 5.75 Å². The maximum atomic E-state index is 12.4. The first-order valence-corrected chi connectivity index (χ1v) is 7.13. The molecule has 5 heteroatoms. The number of hydrogen-bond donors (Lipinski definition) is 2. The molecule has 0 radical (unpaired) electrons. The molecule has 1 amide bonds. The molecule has 0 spiro atoms. The number of para-hydroxylation sites is 2. The SMILES string of the molecule is Cc1cc(C(=O)NN=Cc2ccccc2O)c2ccccc2n1. The highest BCUT2D eigenvalue weighted by Crippen LogP contribution is 2.18. The summed E-state index contributed by atoms with van der Waals surface area (Å²) in [5, 5.41) is 14.3. The van der Waals surface area contributed by atoms with Crippen molar-refractivity contribution < 1.29 is 9.90 Å². The third kappa shape index (κ3) is 3.18. The van der Waals surface area contributed by atoms with E-state index in [1.165, 1.54) is 6.21 Å². The largest absolute Gasteiger partial charge is 0.507 e. The van der Waals surface area contributed by atoms with Gasteiger partial charge in [0.25, 0.3) is 5.91 Å². The van der Waals surface area contributed by atoms with Crippen molar-refractivity contribution in [2.75, 3.05) is 0 Å². The number of carbonyl (C=O) groups is 1. The van der Waals surface area contributed by atoms with Crippen LogP contribution in [0.2, 0.25) is 0 Å². The summed E-state index contributed by atoms with van der Waals surface area (Å²) >= 11 is 0. The van der Waals surface area contributed by atoms with Gasteiger partial charge in [-0.1, -0.05) is 30.3 Å². The molecule has 5 nitrogen and oxygen atoms in total. The first kappa shape index (κ1) is 14.7. The Morgan fingerprint density at radius 3 is 2.74 bits per heavy atom. The topological polar surface area (TPSA) is 74.6 Å². The number of benzene rings is 2. The molecule has 23 heavy (non-hydrogen) atoms. The second-order valence-electron chi connectivity index (χ2n) is 5.09. The molecule has 3 rings (SSSR count). The number of fused-ring (bicyclic) bond motifs is 1. The van der Waals surface area contributed by atoms with Crippen molar-refractivity contribution in [3.63, 3.8) is 0 Å². The van der Waals surface area contributed by atoms with Crippen LogP contribution in [0, 0.1) is 6.92 Å². The average Bonchev–Trinajstić information content (AvgIpc) is 2.55. The number of aryl methyl sites for hydroxylation is 1. The minimum atomic E-state index is -0.321. The highest BCUT2D eigenvalue weighted by molar-refractivity contribution is 6.06. The molecule has 0 saturated heterocycles. The van der Waals surface area contributed by atoms with Gasteiger partial charge in [-0.15, -0.1) is 0 Å². The van der Waals surface area contributed by atoms with E-state index in [4.69, 9.17) is 0 Å². The van der Waals surface area contributed by atoms with Crippen LogP contribution in [0.1, 0.15) is 21.6 Å². The molecular formula is C18H15N3O2. The highest BCUT2D eigenvalue weighted by atomic mass is 16.3. The van der Waals surface area contributed by atoms with Crippen LogP contribution >= 0.6 is 0 Å². The van der Waals surface area contributed by atoms with Crippen LogP contribution in [0.25, 0.3) is 10.9 Å². The van der Waals surface area contributed by atoms with Crippen LogP contribution < -0.4 is 5.43 Å². The van der Waals surface area contributed by atoms with Crippen LogP contribution in [0.4, 0.5) is 0 Å². The summed E-state index contributed by atoms with van der Waals surface area (Å²) in [6.45, 7) is 1.84. The summed E-state index contributed by atoms with van der Waals surface area (Å²) in [6, 6.07) is 16.0. The predicted octanol–water partition coefficient (Wildman–Crippen LogP) is 3.01. The van der Waals surface area contributed by atoms with Crippen LogP contribution in [0.15, 0.2) is 59.7 Å². The molecule has 0 aliphatic carbocycles. The molecule has 1 aromatic heterocycles. The summed E-state index contributed by atoms with van der Waals surface area (Å²) < 4.78 is 0. The average molecular weight is 305 g/mol. The van der Waals surface area contributed by atoms with Gasteiger partial charge in [0.15, 0.2) is 0 Å². The van der Waals surface area contributed by atoms with E-state index in [1.807, 2.05) is 31.2 Å². The van der Waals surface area contributed by atoms with E-state index >= 15 is 0 Å². The molecule has 1 heterocycles. The summed E-state index contributed by atoms with van der Waals surface area (Å²) in [4.78, 5) is 16.8. The Morgan fingerprint density at radius 1 is 1.17 bits per heavy atom. The van der Waals surface area contributed by atoms with Crippen LogP contribution in [0.3, 0.4) is 0 Å². The van der Waals surface area contributed by atoms with Gasteiger partial charge < -0.3 is 5.11 Å². The normalized spacial score (nSPS) is 11.0. The van der Waals surface area contributed by atoms with Gasteiger partial charge in [0.2, 0.25) is 0 Å². The molecule has 0 aliphatic rings. The number of aromatic nitrogens is 1. The minimum Gasteiger partial charge on any atom is -0.507 e. The fraction of sp³-hybridized carbons (Fsp3) is 0.0556. The fourth-order valence-corrected chi connectivity index (χ4v) is 2.31. The Labute approximate surface area is 133 Å². The van der Waals surface area contributed by atoms with E-state index in [0.29, 0.717) is 11.1 Å². The van der Waals surface area contributed by atoms with E-state index < -0.39 is 0 Å². The second-order valence-corrected chi connectivity index (χ2v) is 5.09. The standard InChI is InChI=1S/C18H15N3O2/c1-12-10-15(14-7-3-4-8-16(14)20-12)18(23)21-19-11-13-6-2-5-9-17(13)22/h2-11,22H,1H3,(H,21,23). The molecular weight excluding hydrogens is 290 g/mol. The van der Waals surface area contributed by atoms with Crippen molar-refractivity contribution in [1.82, 2.24) is 10.4 Å². The van der Waals surface area contributed by atoms with Gasteiger partial charge in [-0.25, -0.2) is 5.43 Å². The van der Waals surface area contributed by atoms with Gasteiger partial charge in [-0.2, -0.15) is 5.10 Å². The van der Waals surface area contributed by atoms with Gasteiger partial charge in [0, 0.05) is 16.6 Å². The summed E-state index contributed by atoms with van der Waals surface area (Å²) in [6.07, 6.45) is 1.41. The monoisotopic (exact) mass is 305 g/mol. The quantitative estimate of drug-likeness (QED) is 0.577. The summed E-state index contributed by atoms with van der Waals surface area (Å²) in [5.41, 5.74) is 5.06. The number of pyridine rings is 1. The third-order valence-electron chi connectivity index (χ3n) is 3.40. The Kier molecular flexibility index (Phi) is 4.01. The minimum absolute atomic E-state index is 0.107. The van der Waals surface area contributed by atoms with E-state index in [-0.39, 0.29) is 11.7 Å². The van der Waals surface area contributed by atoms with E-state index in [2.05, 4.69) is 15.5 Å². The molecule has 0 fully saturated rings. The lowest BCUT2D eigenvalue weighted by Gasteiger charge is -2.06. The number of rotatable bonds is 3. The van der Waals surface area contributed by atoms with Crippen LogP contribution in [-0.4, -0.2) is 22.2 Å². The Balaban J connectivity index is 1.86. The molecule has 114 valence electrons. The van der Waals surface area contributed by atoms with Gasteiger partial charge >= 0.3 is 0 Å². The molecule has 0 aliphatic heterocycles. The summed E-state index contributed by atoms with van der Waals surface area (Å²) in [7, 11) is 0. The van der Waals surface area contributed by atoms with E-state index in [0.717, 1.165) is 16.6 Å². The van der Waals surface area contributed by atoms with Crippen LogP contribution in [-0.2, 0) is 0 Å². The molecule has 2 N–H and O–H groups in total. The number of phenolic OH excluding ortho intramolecular Hbond substituents is 1. The number of nitrogens with zero attached hydrogens (tertiary/aromatic N) is 2. The number of amides is 1. The predicted molar refractivity (Wildman–Crippen MR) is 89.6 cm³/mol. The number of phenols is 1. The van der Waals surface area contributed by atoms with Crippen molar-refractivity contribution in [2.45, 2.75) is 6.92 Å². The maximum absolute atomic E-state index is 12.4. The van der Waals surface area contributed by atoms with Gasteiger partial charge in [0.05, 0.1) is 17.3 Å².